The van der Waals surface area contributed by atoms with Gasteiger partial charge in [0, 0.05) is 24.5 Å². The second-order valence-electron chi connectivity index (χ2n) is 5.68. The van der Waals surface area contributed by atoms with E-state index in [0.29, 0.717) is 11.7 Å². The molecule has 0 fully saturated rings. The van der Waals surface area contributed by atoms with E-state index in [-0.39, 0.29) is 12.5 Å². The van der Waals surface area contributed by atoms with Gasteiger partial charge in [-0.2, -0.15) is 0 Å². The number of nitrogens with one attached hydrogen (secondary N) is 1. The third kappa shape index (κ3) is 4.06. The summed E-state index contributed by atoms with van der Waals surface area (Å²) in [5.74, 6) is 1.14. The molecule has 0 aliphatic carbocycles. The van der Waals surface area contributed by atoms with Gasteiger partial charge in [-0.3, -0.25) is 4.79 Å². The number of amides is 1. The maximum Gasteiger partial charge on any atom is 0.264 e. The van der Waals surface area contributed by atoms with Crippen molar-refractivity contribution >= 4 is 23.2 Å². The minimum absolute atomic E-state index is 0.0706. The second kappa shape index (κ2) is 8.31. The smallest absolute Gasteiger partial charge is 0.264 e. The molecule has 0 atom stereocenters. The Morgan fingerprint density at radius 2 is 1.85 bits per heavy atom. The molecule has 0 saturated carbocycles. The number of carbonyl (C=O) groups is 1. The van der Waals surface area contributed by atoms with Gasteiger partial charge in [-0.1, -0.05) is 32.0 Å². The number of para-hydroxylation sites is 1. The van der Waals surface area contributed by atoms with E-state index in [2.05, 4.69) is 15.3 Å². The first-order valence-corrected chi connectivity index (χ1v) is 8.89. The standard InChI is InChI=1S/C19H16N4O2.C2H6/c1-23-16-11-13(7-8-17(16)25-12-18(23)24)15-9-10-20-19(22-15)21-14-5-3-2-4-6-14;1-2/h2-11H,12H2,1H3,(H,20,21,22);1-2H3. The fourth-order valence-corrected chi connectivity index (χ4v) is 2.66. The zero-order chi connectivity index (χ0) is 19.2. The molecule has 27 heavy (non-hydrogen) atoms. The van der Waals surface area contributed by atoms with Crippen LogP contribution in [0.5, 0.6) is 5.75 Å². The maximum absolute atomic E-state index is 11.8. The summed E-state index contributed by atoms with van der Waals surface area (Å²) in [5, 5.41) is 3.18. The molecule has 138 valence electrons. The van der Waals surface area contributed by atoms with Crippen molar-refractivity contribution in [2.75, 3.05) is 23.9 Å². The average molecular weight is 362 g/mol. The van der Waals surface area contributed by atoms with Crippen LogP contribution in [0.25, 0.3) is 11.3 Å². The normalized spacial score (nSPS) is 12.4. The Kier molecular flexibility index (Phi) is 5.66. The molecule has 0 radical (unpaired) electrons. The van der Waals surface area contributed by atoms with Crippen LogP contribution in [0.3, 0.4) is 0 Å². The van der Waals surface area contributed by atoms with Gasteiger partial charge in [0.15, 0.2) is 6.61 Å². The highest BCUT2D eigenvalue weighted by molar-refractivity contribution is 5.98. The molecule has 1 amide bonds. The van der Waals surface area contributed by atoms with Crippen molar-refractivity contribution in [2.24, 2.45) is 0 Å². The van der Waals surface area contributed by atoms with Gasteiger partial charge in [-0.15, -0.1) is 0 Å². The molecule has 3 aromatic rings. The van der Waals surface area contributed by atoms with E-state index in [1.165, 1.54) is 0 Å². The van der Waals surface area contributed by atoms with Crippen LogP contribution in [-0.4, -0.2) is 29.5 Å². The molecule has 1 N–H and O–H groups in total. The molecule has 1 aliphatic rings. The van der Waals surface area contributed by atoms with Crippen LogP contribution in [0.15, 0.2) is 60.8 Å². The lowest BCUT2D eigenvalue weighted by atomic mass is 10.1. The highest BCUT2D eigenvalue weighted by Gasteiger charge is 2.22. The second-order valence-corrected chi connectivity index (χ2v) is 5.68. The molecule has 1 aliphatic heterocycles. The third-order valence-electron chi connectivity index (χ3n) is 4.03. The Labute approximate surface area is 158 Å². The van der Waals surface area contributed by atoms with Crippen LogP contribution < -0.4 is 15.0 Å². The number of fused-ring (bicyclic) bond motifs is 1. The lowest BCUT2D eigenvalue weighted by Crippen LogP contribution is -2.35. The van der Waals surface area contributed by atoms with E-state index in [9.17, 15) is 4.79 Å². The van der Waals surface area contributed by atoms with Crippen molar-refractivity contribution in [1.82, 2.24) is 9.97 Å². The summed E-state index contributed by atoms with van der Waals surface area (Å²) in [4.78, 5) is 22.3. The van der Waals surface area contributed by atoms with Crippen LogP contribution >= 0.6 is 0 Å². The van der Waals surface area contributed by atoms with Gasteiger partial charge < -0.3 is 15.0 Å². The first-order valence-electron chi connectivity index (χ1n) is 8.89. The summed E-state index contributed by atoms with van der Waals surface area (Å²) in [6.07, 6.45) is 1.71. The Bertz CT molecular complexity index is 928. The zero-order valence-corrected chi connectivity index (χ0v) is 15.6. The molecule has 0 saturated heterocycles. The van der Waals surface area contributed by atoms with E-state index < -0.39 is 0 Å². The fraction of sp³-hybridized carbons (Fsp3) is 0.190. The van der Waals surface area contributed by atoms with Gasteiger partial charge in [0.05, 0.1) is 11.4 Å². The van der Waals surface area contributed by atoms with Crippen molar-refractivity contribution in [2.45, 2.75) is 13.8 Å². The molecule has 0 unspecified atom stereocenters. The Morgan fingerprint density at radius 1 is 1.07 bits per heavy atom. The van der Waals surface area contributed by atoms with Crippen molar-refractivity contribution in [3.63, 3.8) is 0 Å². The molecule has 2 heterocycles. The molecule has 6 nitrogen and oxygen atoms in total. The Hall–Kier alpha value is -3.41. The van der Waals surface area contributed by atoms with Crippen LogP contribution in [-0.2, 0) is 4.79 Å². The number of likely N-dealkylation sites (N-methyl/N-ethyl adjacent to an activating group) is 1. The predicted octanol–water partition coefficient (Wildman–Crippen LogP) is 4.27. The van der Waals surface area contributed by atoms with Gasteiger partial charge in [0.25, 0.3) is 5.91 Å². The average Bonchev–Trinajstić information content (AvgIpc) is 2.73. The topological polar surface area (TPSA) is 67.4 Å². The van der Waals surface area contributed by atoms with Crippen molar-refractivity contribution in [1.29, 1.82) is 0 Å². The monoisotopic (exact) mass is 362 g/mol. The maximum atomic E-state index is 11.8. The van der Waals surface area contributed by atoms with Crippen LogP contribution in [0.4, 0.5) is 17.3 Å². The van der Waals surface area contributed by atoms with Gasteiger partial charge in [-0.25, -0.2) is 9.97 Å². The van der Waals surface area contributed by atoms with Crippen LogP contribution in [0, 0.1) is 0 Å². The number of anilines is 3. The predicted molar refractivity (Wildman–Crippen MR) is 107 cm³/mol. The summed E-state index contributed by atoms with van der Waals surface area (Å²) in [5.41, 5.74) is 3.32. The van der Waals surface area contributed by atoms with Crippen molar-refractivity contribution in [3.05, 3.63) is 60.8 Å². The summed E-state index contributed by atoms with van der Waals surface area (Å²) >= 11 is 0. The molecule has 0 bridgehead atoms. The highest BCUT2D eigenvalue weighted by atomic mass is 16.5. The number of hydrogen-bond acceptors (Lipinski definition) is 5. The van der Waals surface area contributed by atoms with Crippen LogP contribution in [0.2, 0.25) is 0 Å². The minimum Gasteiger partial charge on any atom is -0.482 e. The van der Waals surface area contributed by atoms with Gasteiger partial charge in [0.1, 0.15) is 5.75 Å². The summed E-state index contributed by atoms with van der Waals surface area (Å²) in [6, 6.07) is 17.3. The Morgan fingerprint density at radius 3 is 2.63 bits per heavy atom. The zero-order valence-electron chi connectivity index (χ0n) is 15.6. The number of aromatic nitrogens is 2. The quantitative estimate of drug-likeness (QED) is 0.754. The summed E-state index contributed by atoms with van der Waals surface area (Å²) < 4.78 is 5.46. The number of ether oxygens (including phenoxy) is 1. The number of carbonyl (C=O) groups excluding carboxylic acids is 1. The van der Waals surface area contributed by atoms with E-state index in [1.807, 2.05) is 68.4 Å². The van der Waals surface area contributed by atoms with Gasteiger partial charge >= 0.3 is 0 Å². The summed E-state index contributed by atoms with van der Waals surface area (Å²) in [7, 11) is 1.75. The molecule has 2 aromatic carbocycles. The molecular weight excluding hydrogens is 340 g/mol. The Balaban J connectivity index is 0.00000102. The number of benzene rings is 2. The van der Waals surface area contributed by atoms with Crippen molar-refractivity contribution < 1.29 is 9.53 Å². The minimum atomic E-state index is -0.0706. The lowest BCUT2D eigenvalue weighted by molar-refractivity contribution is -0.120. The summed E-state index contributed by atoms with van der Waals surface area (Å²) in [6.45, 7) is 4.07. The SMILES string of the molecule is CC.CN1C(=O)COc2ccc(-c3ccnc(Nc4ccccc4)n3)cc21. The van der Waals surface area contributed by atoms with Crippen molar-refractivity contribution in [3.8, 4) is 17.0 Å². The molecule has 0 spiro atoms. The first kappa shape index (κ1) is 18.4. The first-order chi connectivity index (χ1) is 13.2. The van der Waals surface area contributed by atoms with E-state index in [4.69, 9.17) is 4.74 Å². The molecular formula is C21H22N4O2. The van der Waals surface area contributed by atoms with E-state index >= 15 is 0 Å². The fourth-order valence-electron chi connectivity index (χ4n) is 2.66. The number of hydrogen-bond donors (Lipinski definition) is 1. The largest absolute Gasteiger partial charge is 0.482 e. The number of rotatable bonds is 3. The molecule has 1 aromatic heterocycles. The van der Waals surface area contributed by atoms with Gasteiger partial charge in [0.2, 0.25) is 5.95 Å². The number of nitrogens with zero attached hydrogens (tertiary/aromatic N) is 3. The molecule has 6 heteroatoms. The van der Waals surface area contributed by atoms with Gasteiger partial charge in [-0.05, 0) is 36.4 Å². The van der Waals surface area contributed by atoms with Crippen LogP contribution in [0.1, 0.15) is 13.8 Å². The van der Waals surface area contributed by atoms with E-state index in [0.717, 1.165) is 22.6 Å². The molecule has 4 rings (SSSR count). The third-order valence-corrected chi connectivity index (χ3v) is 4.03. The highest BCUT2D eigenvalue weighted by Crippen LogP contribution is 2.34. The van der Waals surface area contributed by atoms with E-state index in [1.54, 1.807) is 18.1 Å². The lowest BCUT2D eigenvalue weighted by Gasteiger charge is -2.26.